The van der Waals surface area contributed by atoms with Gasteiger partial charge in [0.1, 0.15) is 5.82 Å². The van der Waals surface area contributed by atoms with Crippen molar-refractivity contribution in [3.05, 3.63) is 93.3 Å². The highest BCUT2D eigenvalue weighted by molar-refractivity contribution is 5.91. The zero-order chi connectivity index (χ0) is 25.4. The van der Waals surface area contributed by atoms with E-state index in [0.717, 1.165) is 6.07 Å². The lowest BCUT2D eigenvalue weighted by molar-refractivity contribution is -0.385. The van der Waals surface area contributed by atoms with Crippen LogP contribution in [-0.2, 0) is 4.79 Å². The number of nitrogens with one attached hydrogen (secondary N) is 1. The van der Waals surface area contributed by atoms with Crippen LogP contribution in [0.3, 0.4) is 0 Å². The summed E-state index contributed by atoms with van der Waals surface area (Å²) in [5.41, 5.74) is 3.23. The molecule has 0 bridgehead atoms. The van der Waals surface area contributed by atoms with E-state index < -0.39 is 29.2 Å². The number of nitrogens with zero attached hydrogens (tertiary/aromatic N) is 2. The minimum atomic E-state index is -0.759. The van der Waals surface area contributed by atoms with Crippen LogP contribution in [0.4, 0.5) is 10.1 Å². The van der Waals surface area contributed by atoms with Gasteiger partial charge in [0.25, 0.3) is 5.91 Å². The number of amides is 1. The Morgan fingerprint density at radius 1 is 1.09 bits per heavy atom. The van der Waals surface area contributed by atoms with Crippen molar-refractivity contribution in [2.24, 2.45) is 5.10 Å². The maximum atomic E-state index is 13.3. The molecule has 0 aliphatic rings. The van der Waals surface area contributed by atoms with Crippen molar-refractivity contribution in [3.63, 3.8) is 0 Å². The summed E-state index contributed by atoms with van der Waals surface area (Å²) in [6, 6.07) is 14.0. The number of hydrogen-bond acceptors (Lipinski definition) is 8. The van der Waals surface area contributed by atoms with Gasteiger partial charge in [-0.3, -0.25) is 14.9 Å². The molecule has 0 saturated carbocycles. The minimum Gasteiger partial charge on any atom is -0.493 e. The van der Waals surface area contributed by atoms with E-state index in [9.17, 15) is 24.1 Å². The number of benzene rings is 3. The van der Waals surface area contributed by atoms with Crippen molar-refractivity contribution in [1.29, 1.82) is 0 Å². The average Bonchev–Trinajstić information content (AvgIpc) is 2.83. The number of nitro benzene ring substituents is 1. The number of carbonyl (C=O) groups is 2. The zero-order valence-electron chi connectivity index (χ0n) is 18.7. The smallest absolute Gasteiger partial charge is 0.343 e. The summed E-state index contributed by atoms with van der Waals surface area (Å²) in [4.78, 5) is 34.7. The largest absolute Gasteiger partial charge is 0.493 e. The summed E-state index contributed by atoms with van der Waals surface area (Å²) in [6.45, 7) is 1.22. The van der Waals surface area contributed by atoms with E-state index >= 15 is 0 Å². The van der Waals surface area contributed by atoms with E-state index in [-0.39, 0.29) is 28.5 Å². The Hall–Kier alpha value is -4.80. The molecule has 0 aliphatic heterocycles. The van der Waals surface area contributed by atoms with Crippen LogP contribution < -0.4 is 19.6 Å². The Morgan fingerprint density at radius 2 is 1.86 bits per heavy atom. The number of methoxy groups -OCH3 is 1. The molecule has 11 heteroatoms. The topological polar surface area (TPSA) is 129 Å². The van der Waals surface area contributed by atoms with Gasteiger partial charge in [0.05, 0.1) is 23.8 Å². The SMILES string of the molecule is COc1cc(C=NNC(=O)COc2ccc(C)cc2[N+](=O)[O-])ccc1OC(=O)c1cccc(F)c1. The average molecular weight is 481 g/mol. The Balaban J connectivity index is 1.59. The Kier molecular flexibility index (Phi) is 8.06. The molecule has 0 aliphatic carbocycles. The van der Waals surface area contributed by atoms with Gasteiger partial charge >= 0.3 is 11.7 Å². The van der Waals surface area contributed by atoms with Crippen molar-refractivity contribution in [3.8, 4) is 17.2 Å². The highest BCUT2D eigenvalue weighted by Gasteiger charge is 2.16. The lowest BCUT2D eigenvalue weighted by atomic mass is 10.2. The highest BCUT2D eigenvalue weighted by atomic mass is 19.1. The first kappa shape index (κ1) is 24.8. The number of hydrogen-bond donors (Lipinski definition) is 1. The summed E-state index contributed by atoms with van der Waals surface area (Å²) in [5, 5.41) is 14.9. The van der Waals surface area contributed by atoms with Crippen LogP contribution in [0.15, 0.2) is 65.8 Å². The Labute approximate surface area is 199 Å². The molecule has 10 nitrogen and oxygen atoms in total. The van der Waals surface area contributed by atoms with Gasteiger partial charge in [0.2, 0.25) is 0 Å². The number of esters is 1. The molecule has 1 amide bonds. The van der Waals surface area contributed by atoms with Gasteiger partial charge in [-0.25, -0.2) is 14.6 Å². The molecule has 3 rings (SSSR count). The third-order valence-electron chi connectivity index (χ3n) is 4.52. The fourth-order valence-corrected chi connectivity index (χ4v) is 2.87. The quantitative estimate of drug-likeness (QED) is 0.162. The second-order valence-corrected chi connectivity index (χ2v) is 7.12. The third kappa shape index (κ3) is 6.84. The molecular weight excluding hydrogens is 461 g/mol. The monoisotopic (exact) mass is 481 g/mol. The molecule has 0 fully saturated rings. The first-order chi connectivity index (χ1) is 16.8. The van der Waals surface area contributed by atoms with Gasteiger partial charge in [-0.15, -0.1) is 0 Å². The van der Waals surface area contributed by atoms with Gasteiger partial charge in [-0.05, 0) is 60.5 Å². The molecular formula is C24H20FN3O7. The first-order valence-electron chi connectivity index (χ1n) is 10.1. The molecule has 0 heterocycles. The number of halogens is 1. The second kappa shape index (κ2) is 11.4. The van der Waals surface area contributed by atoms with E-state index in [1.54, 1.807) is 19.1 Å². The summed E-state index contributed by atoms with van der Waals surface area (Å²) in [7, 11) is 1.37. The fourth-order valence-electron chi connectivity index (χ4n) is 2.87. The van der Waals surface area contributed by atoms with Gasteiger partial charge in [0.15, 0.2) is 23.9 Å². The molecule has 0 spiro atoms. The van der Waals surface area contributed by atoms with E-state index in [0.29, 0.717) is 11.1 Å². The molecule has 0 unspecified atom stereocenters. The number of carbonyl (C=O) groups excluding carboxylic acids is 2. The number of hydrazone groups is 1. The molecule has 3 aromatic rings. The highest BCUT2D eigenvalue weighted by Crippen LogP contribution is 2.29. The first-order valence-corrected chi connectivity index (χ1v) is 10.1. The van der Waals surface area contributed by atoms with Crippen LogP contribution in [-0.4, -0.2) is 36.7 Å². The van der Waals surface area contributed by atoms with Crippen LogP contribution in [0.25, 0.3) is 0 Å². The molecule has 1 N–H and O–H groups in total. The summed E-state index contributed by atoms with van der Waals surface area (Å²) < 4.78 is 29.1. The minimum absolute atomic E-state index is 0.0344. The number of nitro groups is 1. The lowest BCUT2D eigenvalue weighted by Crippen LogP contribution is -2.24. The molecule has 3 aromatic carbocycles. The number of rotatable bonds is 9. The lowest BCUT2D eigenvalue weighted by Gasteiger charge is -2.10. The molecule has 35 heavy (non-hydrogen) atoms. The van der Waals surface area contributed by atoms with Crippen LogP contribution in [0.5, 0.6) is 17.2 Å². The molecule has 180 valence electrons. The van der Waals surface area contributed by atoms with Crippen LogP contribution in [0.2, 0.25) is 0 Å². The standard InChI is InChI=1S/C24H20FN3O7/c1-15-6-8-20(19(10-15)28(31)32)34-14-23(29)27-26-13-16-7-9-21(22(11-16)33-2)35-24(30)17-4-3-5-18(25)12-17/h3-13H,14H2,1-2H3,(H,27,29). The number of aryl methyl sites for hydroxylation is 1. The predicted molar refractivity (Wildman–Crippen MR) is 123 cm³/mol. The van der Waals surface area contributed by atoms with Gasteiger partial charge < -0.3 is 14.2 Å². The number of ether oxygens (including phenoxy) is 3. The molecule has 0 atom stereocenters. The summed E-state index contributed by atoms with van der Waals surface area (Å²) in [5.74, 6) is -1.68. The molecule has 0 saturated heterocycles. The van der Waals surface area contributed by atoms with Crippen LogP contribution >= 0.6 is 0 Å². The van der Waals surface area contributed by atoms with E-state index in [1.807, 2.05) is 0 Å². The third-order valence-corrected chi connectivity index (χ3v) is 4.52. The van der Waals surface area contributed by atoms with Crippen molar-refractivity contribution in [2.75, 3.05) is 13.7 Å². The van der Waals surface area contributed by atoms with Gasteiger partial charge in [-0.2, -0.15) is 5.10 Å². The molecule has 0 aromatic heterocycles. The fraction of sp³-hybridized carbons (Fsp3) is 0.125. The molecule has 0 radical (unpaired) electrons. The van der Waals surface area contributed by atoms with E-state index in [4.69, 9.17) is 14.2 Å². The maximum Gasteiger partial charge on any atom is 0.343 e. The predicted octanol–water partition coefficient (Wildman–Crippen LogP) is 3.80. The van der Waals surface area contributed by atoms with Crippen molar-refractivity contribution in [2.45, 2.75) is 6.92 Å². The summed E-state index contributed by atoms with van der Waals surface area (Å²) >= 11 is 0. The van der Waals surface area contributed by atoms with Gasteiger partial charge in [-0.1, -0.05) is 12.1 Å². The zero-order valence-corrected chi connectivity index (χ0v) is 18.7. The van der Waals surface area contributed by atoms with Crippen molar-refractivity contribution >= 4 is 23.8 Å². The van der Waals surface area contributed by atoms with E-state index in [1.165, 1.54) is 55.8 Å². The van der Waals surface area contributed by atoms with Gasteiger partial charge in [0, 0.05) is 6.07 Å². The van der Waals surface area contributed by atoms with E-state index in [2.05, 4.69) is 10.5 Å². The second-order valence-electron chi connectivity index (χ2n) is 7.12. The van der Waals surface area contributed by atoms with Crippen LogP contribution in [0, 0.1) is 22.9 Å². The Bertz CT molecular complexity index is 1290. The maximum absolute atomic E-state index is 13.3. The Morgan fingerprint density at radius 3 is 2.57 bits per heavy atom. The summed E-state index contributed by atoms with van der Waals surface area (Å²) in [6.07, 6.45) is 1.31. The van der Waals surface area contributed by atoms with Crippen molar-refractivity contribution < 1.29 is 33.1 Å². The van der Waals surface area contributed by atoms with Crippen LogP contribution in [0.1, 0.15) is 21.5 Å². The van der Waals surface area contributed by atoms with Crippen molar-refractivity contribution in [1.82, 2.24) is 5.43 Å². The normalized spacial score (nSPS) is 10.6.